The second-order valence-corrected chi connectivity index (χ2v) is 6.50. The second-order valence-electron chi connectivity index (χ2n) is 6.50. The van der Waals surface area contributed by atoms with Crippen LogP contribution in [0.1, 0.15) is 37.7 Å². The van der Waals surface area contributed by atoms with E-state index in [1.165, 1.54) is 38.9 Å². The van der Waals surface area contributed by atoms with Gasteiger partial charge in [-0.15, -0.1) is 0 Å². The number of aliphatic hydroxyl groups is 1. The van der Waals surface area contributed by atoms with E-state index in [9.17, 15) is 9.50 Å². The molecule has 3 heteroatoms. The maximum atomic E-state index is 13.6. The topological polar surface area (TPSA) is 29.5 Å². The molecule has 2 nitrogen and oxygen atoms in total. The molecule has 2 bridgehead atoms. The maximum absolute atomic E-state index is 13.6. The lowest BCUT2D eigenvalue weighted by Crippen LogP contribution is -2.20. The number of aliphatic hydroxyl groups excluding tert-OH is 1. The normalized spacial score (nSPS) is 29.6. The van der Waals surface area contributed by atoms with E-state index in [0.29, 0.717) is 12.3 Å². The molecule has 20 heavy (non-hydrogen) atoms. The molecule has 2 aliphatic carbocycles. The summed E-state index contributed by atoms with van der Waals surface area (Å²) in [4.78, 5) is 0. The molecule has 0 radical (unpaired) electrons. The van der Waals surface area contributed by atoms with Crippen molar-refractivity contribution in [1.82, 2.24) is 0 Å². The fourth-order valence-corrected chi connectivity index (χ4v) is 4.21. The largest absolute Gasteiger partial charge is 0.494 e. The molecule has 2 saturated carbocycles. The summed E-state index contributed by atoms with van der Waals surface area (Å²) in [5.74, 6) is 2.35. The minimum atomic E-state index is -0.354. The Morgan fingerprint density at radius 3 is 2.80 bits per heavy atom. The third-order valence-electron chi connectivity index (χ3n) is 5.15. The van der Waals surface area contributed by atoms with E-state index in [-0.39, 0.29) is 17.7 Å². The Labute approximate surface area is 120 Å². The molecular formula is C17H23FO2. The first-order valence-corrected chi connectivity index (χ1v) is 7.66. The van der Waals surface area contributed by atoms with Crippen LogP contribution in [-0.2, 0) is 6.42 Å². The van der Waals surface area contributed by atoms with Gasteiger partial charge in [-0.05, 0) is 67.6 Å². The van der Waals surface area contributed by atoms with Crippen LogP contribution in [0.25, 0.3) is 0 Å². The molecule has 1 aromatic rings. The van der Waals surface area contributed by atoms with Crippen LogP contribution in [0.2, 0.25) is 0 Å². The van der Waals surface area contributed by atoms with Crippen molar-refractivity contribution in [2.75, 3.05) is 7.11 Å². The van der Waals surface area contributed by atoms with Gasteiger partial charge in [0.25, 0.3) is 0 Å². The molecule has 0 heterocycles. The van der Waals surface area contributed by atoms with E-state index in [0.717, 1.165) is 23.8 Å². The van der Waals surface area contributed by atoms with Crippen LogP contribution in [0.4, 0.5) is 4.39 Å². The van der Waals surface area contributed by atoms with Crippen LogP contribution in [0.5, 0.6) is 5.75 Å². The van der Waals surface area contributed by atoms with E-state index < -0.39 is 0 Å². The number of fused-ring (bicyclic) bond motifs is 2. The molecule has 0 aromatic heterocycles. The van der Waals surface area contributed by atoms with Gasteiger partial charge in [-0.3, -0.25) is 0 Å². The summed E-state index contributed by atoms with van der Waals surface area (Å²) in [5.41, 5.74) is 0.846. The fraction of sp³-hybridized carbons (Fsp3) is 0.647. The van der Waals surface area contributed by atoms with E-state index in [1.807, 2.05) is 6.07 Å². The Kier molecular flexibility index (Phi) is 3.97. The van der Waals surface area contributed by atoms with Crippen molar-refractivity contribution < 1.29 is 14.2 Å². The third kappa shape index (κ3) is 2.83. The number of halogens is 1. The van der Waals surface area contributed by atoms with Crippen LogP contribution < -0.4 is 4.74 Å². The van der Waals surface area contributed by atoms with Gasteiger partial charge in [-0.2, -0.15) is 0 Å². The highest BCUT2D eigenvalue weighted by Crippen LogP contribution is 2.49. The van der Waals surface area contributed by atoms with Crippen molar-refractivity contribution in [2.45, 2.75) is 44.6 Å². The van der Waals surface area contributed by atoms with E-state index in [2.05, 4.69) is 0 Å². The molecule has 1 N–H and O–H groups in total. The first-order valence-electron chi connectivity index (χ1n) is 7.66. The van der Waals surface area contributed by atoms with Gasteiger partial charge in [0.15, 0.2) is 11.6 Å². The average Bonchev–Trinajstić information content (AvgIpc) is 3.01. The molecule has 4 unspecified atom stereocenters. The Hall–Kier alpha value is -1.09. The van der Waals surface area contributed by atoms with Crippen LogP contribution in [0.15, 0.2) is 18.2 Å². The summed E-state index contributed by atoms with van der Waals surface area (Å²) in [6.07, 6.45) is 6.45. The summed E-state index contributed by atoms with van der Waals surface area (Å²) in [7, 11) is 1.46. The van der Waals surface area contributed by atoms with Gasteiger partial charge >= 0.3 is 0 Å². The zero-order valence-electron chi connectivity index (χ0n) is 12.0. The molecule has 0 spiro atoms. The number of ether oxygens (including phenoxy) is 1. The summed E-state index contributed by atoms with van der Waals surface area (Å²) in [6, 6.07) is 4.95. The van der Waals surface area contributed by atoms with Gasteiger partial charge in [0, 0.05) is 0 Å². The predicted octanol–water partition coefficient (Wildman–Crippen LogP) is 3.56. The Bertz CT molecular complexity index is 474. The number of hydrogen-bond acceptors (Lipinski definition) is 2. The zero-order chi connectivity index (χ0) is 14.1. The van der Waals surface area contributed by atoms with Crippen molar-refractivity contribution in [2.24, 2.45) is 17.8 Å². The minimum absolute atomic E-state index is 0.261. The standard InChI is InChI=1S/C17H23FO2/c1-20-17-5-3-12(9-16(17)18)8-15(19)10-14-7-11-2-4-13(14)6-11/h3,5,9,11,13-15,19H,2,4,6-8,10H2,1H3. The summed E-state index contributed by atoms with van der Waals surface area (Å²) >= 11 is 0. The molecule has 110 valence electrons. The van der Waals surface area contributed by atoms with Crippen molar-refractivity contribution in [3.8, 4) is 5.75 Å². The van der Waals surface area contributed by atoms with Crippen LogP contribution in [0.3, 0.4) is 0 Å². The molecule has 0 saturated heterocycles. The lowest BCUT2D eigenvalue weighted by molar-refractivity contribution is 0.124. The third-order valence-corrected chi connectivity index (χ3v) is 5.15. The molecule has 4 atom stereocenters. The van der Waals surface area contributed by atoms with Crippen molar-refractivity contribution in [1.29, 1.82) is 0 Å². The minimum Gasteiger partial charge on any atom is -0.494 e. The summed E-state index contributed by atoms with van der Waals surface area (Å²) < 4.78 is 18.5. The van der Waals surface area contributed by atoms with E-state index >= 15 is 0 Å². The molecule has 0 aliphatic heterocycles. The van der Waals surface area contributed by atoms with Gasteiger partial charge in [0.1, 0.15) is 0 Å². The van der Waals surface area contributed by atoms with Gasteiger partial charge in [-0.1, -0.05) is 12.5 Å². The first kappa shape index (κ1) is 13.9. The molecule has 2 aliphatic rings. The molecule has 1 aromatic carbocycles. The first-order chi connectivity index (χ1) is 9.65. The zero-order valence-corrected chi connectivity index (χ0v) is 12.0. The van der Waals surface area contributed by atoms with Gasteiger partial charge in [0.05, 0.1) is 13.2 Å². The average molecular weight is 278 g/mol. The molecule has 2 fully saturated rings. The van der Waals surface area contributed by atoms with Crippen molar-refractivity contribution >= 4 is 0 Å². The van der Waals surface area contributed by atoms with E-state index in [1.54, 1.807) is 6.07 Å². The maximum Gasteiger partial charge on any atom is 0.165 e. The lowest BCUT2D eigenvalue weighted by atomic mass is 9.84. The lowest BCUT2D eigenvalue weighted by Gasteiger charge is -2.24. The van der Waals surface area contributed by atoms with Crippen LogP contribution in [0, 0.1) is 23.6 Å². The highest BCUT2D eigenvalue weighted by atomic mass is 19.1. The smallest absolute Gasteiger partial charge is 0.165 e. The van der Waals surface area contributed by atoms with Crippen LogP contribution in [-0.4, -0.2) is 18.3 Å². The number of hydrogen-bond donors (Lipinski definition) is 1. The number of benzene rings is 1. The molecule has 3 rings (SSSR count). The van der Waals surface area contributed by atoms with Gasteiger partial charge < -0.3 is 9.84 Å². The quantitative estimate of drug-likeness (QED) is 0.892. The Balaban J connectivity index is 1.56. The van der Waals surface area contributed by atoms with E-state index in [4.69, 9.17) is 4.74 Å². The summed E-state index contributed by atoms with van der Waals surface area (Å²) in [6.45, 7) is 0. The van der Waals surface area contributed by atoms with Crippen molar-refractivity contribution in [3.63, 3.8) is 0 Å². The summed E-state index contributed by atoms with van der Waals surface area (Å²) in [5, 5.41) is 10.3. The van der Waals surface area contributed by atoms with Gasteiger partial charge in [-0.25, -0.2) is 4.39 Å². The van der Waals surface area contributed by atoms with Crippen LogP contribution >= 0.6 is 0 Å². The molecule has 0 amide bonds. The SMILES string of the molecule is COc1ccc(CC(O)CC2CC3CCC2C3)cc1F. The predicted molar refractivity (Wildman–Crippen MR) is 76.2 cm³/mol. The number of methoxy groups -OCH3 is 1. The molecular weight excluding hydrogens is 255 g/mol. The Morgan fingerprint density at radius 1 is 1.35 bits per heavy atom. The monoisotopic (exact) mass is 278 g/mol. The van der Waals surface area contributed by atoms with Crippen molar-refractivity contribution in [3.05, 3.63) is 29.6 Å². The second kappa shape index (κ2) is 5.72. The number of rotatable bonds is 5. The highest BCUT2D eigenvalue weighted by molar-refractivity contribution is 5.29. The fourth-order valence-electron chi connectivity index (χ4n) is 4.21. The Morgan fingerprint density at radius 2 is 2.20 bits per heavy atom. The highest BCUT2D eigenvalue weighted by Gasteiger charge is 2.39. The van der Waals surface area contributed by atoms with Gasteiger partial charge in [0.2, 0.25) is 0 Å².